The zero-order valence-electron chi connectivity index (χ0n) is 22.8. The highest BCUT2D eigenvalue weighted by atomic mass is 19.1. The van der Waals surface area contributed by atoms with E-state index in [1.54, 1.807) is 18.2 Å². The number of benzene rings is 3. The lowest BCUT2D eigenvalue weighted by atomic mass is 9.50. The van der Waals surface area contributed by atoms with E-state index in [9.17, 15) is 18.8 Å². The average molecular weight is 556 g/mol. The summed E-state index contributed by atoms with van der Waals surface area (Å²) in [5, 5.41) is 9.17. The topological polar surface area (TPSA) is 110 Å². The Kier molecular flexibility index (Phi) is 6.73. The van der Waals surface area contributed by atoms with Crippen molar-refractivity contribution in [2.75, 3.05) is 20.7 Å². The van der Waals surface area contributed by atoms with E-state index in [-0.39, 0.29) is 17.4 Å². The maximum atomic E-state index is 13.7. The minimum Gasteiger partial charge on any atom is -0.455 e. The van der Waals surface area contributed by atoms with E-state index >= 15 is 0 Å². The number of nitrogens with one attached hydrogen (secondary N) is 3. The molecule has 1 heterocycles. The number of hydrogen-bond donors (Lipinski definition) is 3. The molecule has 8 nitrogen and oxygen atoms in total. The van der Waals surface area contributed by atoms with Crippen molar-refractivity contribution < 1.29 is 27.9 Å². The molecule has 3 saturated carbocycles. The summed E-state index contributed by atoms with van der Waals surface area (Å²) < 4.78 is 24.6. The van der Waals surface area contributed by atoms with Gasteiger partial charge in [0.2, 0.25) is 0 Å². The van der Waals surface area contributed by atoms with Crippen LogP contribution < -0.4 is 16.0 Å². The minimum atomic E-state index is -0.543. The van der Waals surface area contributed by atoms with Gasteiger partial charge in [0.25, 0.3) is 11.8 Å². The van der Waals surface area contributed by atoms with Crippen LogP contribution in [-0.2, 0) is 11.2 Å². The third kappa shape index (κ3) is 4.92. The molecule has 4 aromatic rings. The Bertz CT molecular complexity index is 1660. The highest BCUT2D eigenvalue weighted by Gasteiger charge is 2.57. The van der Waals surface area contributed by atoms with Crippen LogP contribution >= 0.6 is 0 Å². The van der Waals surface area contributed by atoms with Gasteiger partial charge in [-0.15, -0.1) is 0 Å². The molecule has 2 bridgehead atoms. The maximum Gasteiger partial charge on any atom is 0.406 e. The Morgan fingerprint density at radius 3 is 2.41 bits per heavy atom. The van der Waals surface area contributed by atoms with Gasteiger partial charge in [-0.1, -0.05) is 12.1 Å². The molecular weight excluding hydrogens is 525 g/mol. The molecule has 0 spiro atoms. The fourth-order valence-electron chi connectivity index (χ4n) is 5.96. The summed E-state index contributed by atoms with van der Waals surface area (Å²) in [6, 6.07) is 16.9. The van der Waals surface area contributed by atoms with Crippen LogP contribution in [-0.4, -0.2) is 44.1 Å². The van der Waals surface area contributed by atoms with Crippen LogP contribution in [0, 0.1) is 11.7 Å². The van der Waals surface area contributed by atoms with Gasteiger partial charge in [0.1, 0.15) is 17.2 Å². The second-order valence-corrected chi connectivity index (χ2v) is 10.9. The fraction of sp³-hybridized carbons (Fsp3) is 0.281. The van der Waals surface area contributed by atoms with Crippen LogP contribution in [0.2, 0.25) is 0 Å². The van der Waals surface area contributed by atoms with Gasteiger partial charge in [-0.05, 0) is 96.8 Å². The number of halogens is 1. The number of methoxy groups -OCH3 is 1. The second-order valence-electron chi connectivity index (χ2n) is 10.9. The van der Waals surface area contributed by atoms with E-state index in [1.165, 1.54) is 26.3 Å². The molecular formula is C32H30FN3O5. The van der Waals surface area contributed by atoms with Gasteiger partial charge in [0.05, 0.1) is 12.7 Å². The monoisotopic (exact) mass is 555 g/mol. The summed E-state index contributed by atoms with van der Waals surface area (Å²) in [5.41, 5.74) is 4.29. The molecule has 1 aromatic heterocycles. The number of ether oxygens (including phenoxy) is 1. The van der Waals surface area contributed by atoms with Crippen molar-refractivity contribution in [2.24, 2.45) is 5.92 Å². The van der Waals surface area contributed by atoms with Gasteiger partial charge in [0.15, 0.2) is 0 Å². The lowest BCUT2D eigenvalue weighted by Gasteiger charge is -2.61. The van der Waals surface area contributed by atoms with Crippen molar-refractivity contribution in [3.8, 4) is 22.5 Å². The Hall–Kier alpha value is -4.66. The van der Waals surface area contributed by atoms with E-state index in [4.69, 9.17) is 9.15 Å². The zero-order chi connectivity index (χ0) is 28.7. The van der Waals surface area contributed by atoms with E-state index in [0.29, 0.717) is 46.4 Å². The molecule has 41 heavy (non-hydrogen) atoms. The van der Waals surface area contributed by atoms with Gasteiger partial charge >= 0.3 is 6.09 Å². The summed E-state index contributed by atoms with van der Waals surface area (Å²) in [6.45, 7) is 0.295. The van der Waals surface area contributed by atoms with E-state index < -0.39 is 11.9 Å². The Morgan fingerprint density at radius 2 is 1.76 bits per heavy atom. The third-order valence-corrected chi connectivity index (χ3v) is 8.18. The normalized spacial score (nSPS) is 18.7. The molecule has 210 valence electrons. The summed E-state index contributed by atoms with van der Waals surface area (Å²) in [4.78, 5) is 38.0. The Morgan fingerprint density at radius 1 is 1.00 bits per heavy atom. The highest BCUT2D eigenvalue weighted by Crippen LogP contribution is 2.57. The van der Waals surface area contributed by atoms with Crippen molar-refractivity contribution in [3.63, 3.8) is 0 Å². The second kappa shape index (κ2) is 10.4. The lowest BCUT2D eigenvalue weighted by molar-refractivity contribution is -0.0438. The molecule has 0 aliphatic heterocycles. The van der Waals surface area contributed by atoms with Gasteiger partial charge < -0.3 is 25.1 Å². The van der Waals surface area contributed by atoms with Crippen molar-refractivity contribution in [1.29, 1.82) is 0 Å². The average Bonchev–Trinajstić information content (AvgIpc) is 3.32. The molecule has 0 radical (unpaired) electrons. The Balaban J connectivity index is 1.45. The molecule has 9 heteroatoms. The number of alkyl carbamates (subject to hydrolysis) is 1. The summed E-state index contributed by atoms with van der Waals surface area (Å²) in [7, 11) is 2.84. The number of fused-ring (bicyclic) bond motifs is 1. The fourth-order valence-corrected chi connectivity index (χ4v) is 5.96. The molecule has 3 aliphatic carbocycles. The van der Waals surface area contributed by atoms with Crippen LogP contribution in [0.1, 0.15) is 45.5 Å². The molecule has 3 aliphatic rings. The zero-order valence-corrected chi connectivity index (χ0v) is 22.8. The van der Waals surface area contributed by atoms with Crippen LogP contribution in [0.15, 0.2) is 65.1 Å². The summed E-state index contributed by atoms with van der Waals surface area (Å²) in [5.74, 6) is 0.223. The molecule has 0 saturated heterocycles. The Labute approximate surface area is 236 Å². The first-order chi connectivity index (χ1) is 19.8. The van der Waals surface area contributed by atoms with E-state index in [2.05, 4.69) is 16.0 Å². The molecule has 3 fully saturated rings. The largest absolute Gasteiger partial charge is 0.455 e. The number of hydrogen-bond acceptors (Lipinski definition) is 5. The quantitative estimate of drug-likeness (QED) is 0.268. The number of carbonyl (C=O) groups is 3. The van der Waals surface area contributed by atoms with Gasteiger partial charge in [-0.25, -0.2) is 9.18 Å². The predicted octanol–water partition coefficient (Wildman–Crippen LogP) is 5.45. The first kappa shape index (κ1) is 26.6. The molecule has 0 unspecified atom stereocenters. The third-order valence-electron chi connectivity index (χ3n) is 8.18. The van der Waals surface area contributed by atoms with Crippen LogP contribution in [0.5, 0.6) is 0 Å². The van der Waals surface area contributed by atoms with E-state index in [1.807, 2.05) is 30.3 Å². The maximum absolute atomic E-state index is 13.7. The predicted molar refractivity (Wildman–Crippen MR) is 152 cm³/mol. The minimum absolute atomic E-state index is 0.0443. The van der Waals surface area contributed by atoms with Crippen LogP contribution in [0.4, 0.5) is 9.18 Å². The number of rotatable bonds is 8. The molecule has 3 aromatic carbocycles. The van der Waals surface area contributed by atoms with Crippen molar-refractivity contribution in [2.45, 2.75) is 31.2 Å². The summed E-state index contributed by atoms with van der Waals surface area (Å²) in [6.07, 6.45) is 3.03. The number of carbonyl (C=O) groups excluding carboxylic acids is 3. The van der Waals surface area contributed by atoms with Crippen molar-refractivity contribution in [3.05, 3.63) is 83.2 Å². The summed E-state index contributed by atoms with van der Waals surface area (Å²) >= 11 is 0. The van der Waals surface area contributed by atoms with E-state index in [0.717, 1.165) is 41.9 Å². The first-order valence-corrected chi connectivity index (χ1v) is 13.6. The van der Waals surface area contributed by atoms with Crippen molar-refractivity contribution >= 4 is 28.9 Å². The SMILES string of the molecule is CNC(=O)c1c(-c2ccc(F)cc2)oc2cc(CCNC(=O)OC)c(-c3cccc(C(=O)NC45CC(C4)C5)c3)cc12. The van der Waals surface area contributed by atoms with Gasteiger partial charge in [0, 0.05) is 35.6 Å². The molecule has 3 N–H and O–H groups in total. The highest BCUT2D eigenvalue weighted by molar-refractivity contribution is 6.12. The molecule has 3 amide bonds. The van der Waals surface area contributed by atoms with Gasteiger partial charge in [-0.2, -0.15) is 0 Å². The van der Waals surface area contributed by atoms with Gasteiger partial charge in [-0.3, -0.25) is 9.59 Å². The number of furan rings is 1. The first-order valence-electron chi connectivity index (χ1n) is 13.6. The van der Waals surface area contributed by atoms with Crippen molar-refractivity contribution in [1.82, 2.24) is 16.0 Å². The number of amides is 3. The standard InChI is InChI=1S/C32H30FN3O5/c1-34-30(38)27-25-14-24(20-4-3-5-22(12-20)29(37)36-32-15-18(16-32)17-32)21(10-11-35-31(39)40-2)13-26(25)41-28(27)19-6-8-23(33)9-7-19/h3-9,12-14,18H,10-11,15-17H2,1-2H3,(H,34,38)(H,35,39)(H,36,37). The van der Waals surface area contributed by atoms with Crippen LogP contribution in [0.25, 0.3) is 33.4 Å². The smallest absolute Gasteiger partial charge is 0.406 e. The van der Waals surface area contributed by atoms with Crippen LogP contribution in [0.3, 0.4) is 0 Å². The molecule has 0 atom stereocenters. The lowest BCUT2D eigenvalue weighted by Crippen LogP contribution is -2.68. The molecule has 7 rings (SSSR count).